The molecule has 7 heteroatoms. The van der Waals surface area contributed by atoms with Gasteiger partial charge in [0.15, 0.2) is 0 Å². The summed E-state index contributed by atoms with van der Waals surface area (Å²) in [6.07, 6.45) is 2.84. The van der Waals surface area contributed by atoms with E-state index in [9.17, 15) is 9.59 Å². The van der Waals surface area contributed by atoms with E-state index in [1.54, 1.807) is 42.5 Å². The van der Waals surface area contributed by atoms with Gasteiger partial charge in [-0.1, -0.05) is 35.3 Å². The fourth-order valence-corrected chi connectivity index (χ4v) is 2.08. The Morgan fingerprint density at radius 2 is 1.83 bits per heavy atom. The minimum atomic E-state index is -0.551. The average Bonchev–Trinajstić information content (AvgIpc) is 2.60. The number of pyridine rings is 1. The number of halogens is 2. The van der Waals surface area contributed by atoms with Crippen LogP contribution < -0.4 is 0 Å². The van der Waals surface area contributed by atoms with Gasteiger partial charge in [-0.15, -0.1) is 0 Å². The number of esters is 2. The van der Waals surface area contributed by atoms with Crippen molar-refractivity contribution >= 4 is 41.2 Å². The Morgan fingerprint density at radius 1 is 1.12 bits per heavy atom. The molecule has 0 amide bonds. The van der Waals surface area contributed by atoms with Crippen molar-refractivity contribution in [2.45, 2.75) is 6.61 Å². The van der Waals surface area contributed by atoms with E-state index in [2.05, 4.69) is 9.72 Å². The number of hydrogen-bond acceptors (Lipinski definition) is 5. The summed E-state index contributed by atoms with van der Waals surface area (Å²) in [6.45, 7) is -0.0795. The highest BCUT2D eigenvalue weighted by atomic mass is 35.5. The predicted molar refractivity (Wildman–Crippen MR) is 90.9 cm³/mol. The topological polar surface area (TPSA) is 65.5 Å². The maximum Gasteiger partial charge on any atom is 0.337 e. The molecule has 0 aliphatic heterocycles. The zero-order valence-electron chi connectivity index (χ0n) is 12.7. The van der Waals surface area contributed by atoms with E-state index in [1.807, 2.05) is 0 Å². The molecule has 124 valence electrons. The fraction of sp³-hybridized carbons (Fsp3) is 0.118. The summed E-state index contributed by atoms with van der Waals surface area (Å²) in [7, 11) is 1.31. The first kappa shape index (κ1) is 18.0. The quantitative estimate of drug-likeness (QED) is 0.456. The highest BCUT2D eigenvalue weighted by Crippen LogP contribution is 2.17. The summed E-state index contributed by atoms with van der Waals surface area (Å²) < 4.78 is 9.67. The van der Waals surface area contributed by atoms with Crippen molar-refractivity contribution in [3.05, 3.63) is 69.5 Å². The van der Waals surface area contributed by atoms with Crippen LogP contribution in [0.4, 0.5) is 0 Å². The van der Waals surface area contributed by atoms with Gasteiger partial charge in [0, 0.05) is 6.08 Å². The molecule has 0 fully saturated rings. The standard InChI is InChI=1S/C17H13Cl2NO4/c1-23-17(22)12-5-2-11(3-6-12)4-9-16(21)24-10-14-13(18)7-8-15(19)20-14/h2-9H,10H2,1H3. The van der Waals surface area contributed by atoms with E-state index in [0.29, 0.717) is 16.3 Å². The Bertz CT molecular complexity index is 773. The van der Waals surface area contributed by atoms with Crippen LogP contribution in [0.15, 0.2) is 42.5 Å². The van der Waals surface area contributed by atoms with Crippen LogP contribution in [0.2, 0.25) is 10.2 Å². The molecule has 0 saturated carbocycles. The Morgan fingerprint density at radius 3 is 2.50 bits per heavy atom. The highest BCUT2D eigenvalue weighted by molar-refractivity contribution is 6.32. The van der Waals surface area contributed by atoms with Crippen molar-refractivity contribution in [3.8, 4) is 0 Å². The Kier molecular flexibility index (Phi) is 6.35. The van der Waals surface area contributed by atoms with Gasteiger partial charge in [-0.3, -0.25) is 0 Å². The molecule has 1 aromatic heterocycles. The van der Waals surface area contributed by atoms with Crippen LogP contribution in [-0.2, 0) is 20.9 Å². The van der Waals surface area contributed by atoms with Crippen molar-refractivity contribution in [1.29, 1.82) is 0 Å². The molecule has 5 nitrogen and oxygen atoms in total. The van der Waals surface area contributed by atoms with Crippen LogP contribution in [0.3, 0.4) is 0 Å². The molecule has 0 aliphatic rings. The lowest BCUT2D eigenvalue weighted by molar-refractivity contribution is -0.139. The number of rotatable bonds is 5. The molecule has 2 aromatic rings. The molecule has 0 unspecified atom stereocenters. The predicted octanol–water partition coefficient (Wildman–Crippen LogP) is 3.93. The van der Waals surface area contributed by atoms with Gasteiger partial charge < -0.3 is 9.47 Å². The Labute approximate surface area is 148 Å². The number of carbonyl (C=O) groups is 2. The maximum absolute atomic E-state index is 11.7. The van der Waals surface area contributed by atoms with Gasteiger partial charge >= 0.3 is 11.9 Å². The monoisotopic (exact) mass is 365 g/mol. The summed E-state index contributed by atoms with van der Waals surface area (Å²) >= 11 is 11.7. The lowest BCUT2D eigenvalue weighted by atomic mass is 10.1. The number of nitrogens with zero attached hydrogens (tertiary/aromatic N) is 1. The van der Waals surface area contributed by atoms with E-state index in [1.165, 1.54) is 13.2 Å². The molecule has 0 aliphatic carbocycles. The van der Waals surface area contributed by atoms with Crippen molar-refractivity contribution < 1.29 is 19.1 Å². The number of methoxy groups -OCH3 is 1. The van der Waals surface area contributed by atoms with Gasteiger partial charge in [0.25, 0.3) is 0 Å². The molecule has 0 radical (unpaired) electrons. The number of hydrogen-bond donors (Lipinski definition) is 0. The zero-order valence-corrected chi connectivity index (χ0v) is 14.2. The van der Waals surface area contributed by atoms with Crippen molar-refractivity contribution in [1.82, 2.24) is 4.98 Å². The third-order valence-corrected chi connectivity index (χ3v) is 3.53. The third kappa shape index (κ3) is 5.08. The molecule has 0 N–H and O–H groups in total. The maximum atomic E-state index is 11.7. The van der Waals surface area contributed by atoms with E-state index < -0.39 is 11.9 Å². The van der Waals surface area contributed by atoms with E-state index >= 15 is 0 Å². The van der Waals surface area contributed by atoms with Crippen LogP contribution in [0.1, 0.15) is 21.6 Å². The lowest BCUT2D eigenvalue weighted by Crippen LogP contribution is -2.03. The second-order valence-electron chi connectivity index (χ2n) is 4.62. The van der Waals surface area contributed by atoms with Gasteiger partial charge in [0.1, 0.15) is 11.8 Å². The summed E-state index contributed by atoms with van der Waals surface area (Å²) in [5.74, 6) is -0.972. The minimum Gasteiger partial charge on any atom is -0.465 e. The van der Waals surface area contributed by atoms with Crippen LogP contribution in [0, 0.1) is 0 Å². The fourth-order valence-electron chi connectivity index (χ4n) is 1.76. The van der Waals surface area contributed by atoms with Crippen LogP contribution in [0.5, 0.6) is 0 Å². The van der Waals surface area contributed by atoms with E-state index in [4.69, 9.17) is 27.9 Å². The molecule has 0 saturated heterocycles. The molecule has 1 heterocycles. The largest absolute Gasteiger partial charge is 0.465 e. The first-order valence-electron chi connectivity index (χ1n) is 6.83. The van der Waals surface area contributed by atoms with Gasteiger partial charge in [-0.2, -0.15) is 0 Å². The van der Waals surface area contributed by atoms with Gasteiger partial charge in [0.05, 0.1) is 23.4 Å². The van der Waals surface area contributed by atoms with Crippen molar-refractivity contribution in [2.75, 3.05) is 7.11 Å². The SMILES string of the molecule is COC(=O)c1ccc(C=CC(=O)OCc2nc(Cl)ccc2Cl)cc1. The van der Waals surface area contributed by atoms with Gasteiger partial charge in [-0.25, -0.2) is 14.6 Å². The third-order valence-electron chi connectivity index (χ3n) is 2.98. The molecule has 0 atom stereocenters. The lowest BCUT2D eigenvalue weighted by Gasteiger charge is -2.04. The first-order valence-corrected chi connectivity index (χ1v) is 7.59. The number of benzene rings is 1. The normalized spacial score (nSPS) is 10.6. The summed E-state index contributed by atoms with van der Waals surface area (Å²) in [6, 6.07) is 9.71. The molecular formula is C17H13Cl2NO4. The van der Waals surface area contributed by atoms with E-state index in [-0.39, 0.29) is 11.8 Å². The van der Waals surface area contributed by atoms with Crippen LogP contribution >= 0.6 is 23.2 Å². The Balaban J connectivity index is 1.93. The highest BCUT2D eigenvalue weighted by Gasteiger charge is 2.06. The first-order chi connectivity index (χ1) is 11.5. The minimum absolute atomic E-state index is 0.0795. The zero-order chi connectivity index (χ0) is 17.5. The molecular weight excluding hydrogens is 353 g/mol. The molecule has 2 rings (SSSR count). The number of carbonyl (C=O) groups excluding carboxylic acids is 2. The van der Waals surface area contributed by atoms with Gasteiger partial charge in [-0.05, 0) is 35.9 Å². The second-order valence-corrected chi connectivity index (χ2v) is 5.41. The summed E-state index contributed by atoms with van der Waals surface area (Å²) in [4.78, 5) is 27.0. The van der Waals surface area contributed by atoms with Crippen molar-refractivity contribution in [2.24, 2.45) is 0 Å². The van der Waals surface area contributed by atoms with E-state index in [0.717, 1.165) is 5.56 Å². The van der Waals surface area contributed by atoms with Gasteiger partial charge in [0.2, 0.25) is 0 Å². The smallest absolute Gasteiger partial charge is 0.337 e. The van der Waals surface area contributed by atoms with Crippen molar-refractivity contribution in [3.63, 3.8) is 0 Å². The molecule has 0 bridgehead atoms. The Hall–Kier alpha value is -2.37. The molecule has 0 spiro atoms. The second kappa shape index (κ2) is 8.47. The molecule has 1 aromatic carbocycles. The van der Waals surface area contributed by atoms with Crippen LogP contribution in [0.25, 0.3) is 6.08 Å². The van der Waals surface area contributed by atoms with Crippen LogP contribution in [-0.4, -0.2) is 24.0 Å². The number of ether oxygens (including phenoxy) is 2. The summed E-state index contributed by atoms with van der Waals surface area (Å²) in [5, 5.41) is 0.640. The number of aromatic nitrogens is 1. The molecule has 24 heavy (non-hydrogen) atoms. The average molecular weight is 366 g/mol. The summed E-state index contributed by atoms with van der Waals surface area (Å²) in [5.41, 5.74) is 1.55.